The number of Topliss-reactive ketones (excluding diaryl/α,β-unsaturated/α-hetero) is 1. The zero-order valence-corrected chi connectivity index (χ0v) is 12.3. The van der Waals surface area contributed by atoms with E-state index in [-0.39, 0.29) is 16.7 Å². The van der Waals surface area contributed by atoms with Gasteiger partial charge in [0.1, 0.15) is 11.6 Å². The first kappa shape index (κ1) is 14.6. The van der Waals surface area contributed by atoms with Crippen LogP contribution in [0.4, 0.5) is 10.2 Å². The summed E-state index contributed by atoms with van der Waals surface area (Å²) in [6.45, 7) is 0.757. The minimum absolute atomic E-state index is 0.0444. The molecule has 0 aliphatic carbocycles. The van der Waals surface area contributed by atoms with Crippen LogP contribution in [0.25, 0.3) is 0 Å². The minimum atomic E-state index is -0.619. The summed E-state index contributed by atoms with van der Waals surface area (Å²) in [5.41, 5.74) is 0.460. The first-order valence-corrected chi connectivity index (χ1v) is 6.96. The lowest BCUT2D eigenvalue weighted by Gasteiger charge is -2.17. The Bertz CT molecular complexity index is 589. The molecule has 0 saturated heterocycles. The number of ketones is 1. The van der Waals surface area contributed by atoms with Crippen molar-refractivity contribution >= 4 is 33.5 Å². The van der Waals surface area contributed by atoms with Crippen LogP contribution in [-0.4, -0.2) is 42.3 Å². The van der Waals surface area contributed by atoms with E-state index in [9.17, 15) is 14.0 Å². The molecule has 0 saturated carbocycles. The Kier molecular flexibility index (Phi) is 4.49. The second kappa shape index (κ2) is 6.13. The number of hydrogen-bond acceptors (Lipinski definition) is 5. The summed E-state index contributed by atoms with van der Waals surface area (Å²) in [6, 6.07) is 1.20. The van der Waals surface area contributed by atoms with Gasteiger partial charge in [0.15, 0.2) is 5.78 Å². The zero-order chi connectivity index (χ0) is 14.7. The molecule has 0 unspecified atom stereocenters. The van der Waals surface area contributed by atoms with Gasteiger partial charge in [-0.1, -0.05) is 22.0 Å². The molecule has 0 aromatic carbocycles. The number of ether oxygens (including phenoxy) is 1. The van der Waals surface area contributed by atoms with Crippen LogP contribution in [0.1, 0.15) is 10.4 Å². The number of rotatable bonds is 4. The summed E-state index contributed by atoms with van der Waals surface area (Å²) in [5, 5.41) is 0.0444. The highest BCUT2D eigenvalue weighted by molar-refractivity contribution is 9.09. The van der Waals surface area contributed by atoms with Crippen molar-refractivity contribution < 1.29 is 18.7 Å². The normalized spacial score (nSPS) is 14.2. The number of halogens is 2. The summed E-state index contributed by atoms with van der Waals surface area (Å²) in [6.07, 6.45) is 2.92. The van der Waals surface area contributed by atoms with Crippen molar-refractivity contribution in [1.29, 1.82) is 0 Å². The van der Waals surface area contributed by atoms with Gasteiger partial charge in [0.25, 0.3) is 0 Å². The van der Waals surface area contributed by atoms with E-state index in [1.165, 1.54) is 19.4 Å². The van der Waals surface area contributed by atoms with Gasteiger partial charge in [0, 0.05) is 18.8 Å². The maximum absolute atomic E-state index is 13.8. The number of hydrogen-bond donors (Lipinski definition) is 0. The molecule has 1 aliphatic heterocycles. The van der Waals surface area contributed by atoms with E-state index >= 15 is 0 Å². The SMILES string of the molecule is COC(=O)C1=CCN(c2cc(F)c(C(=O)CBr)cn2)C1. The van der Waals surface area contributed by atoms with Crippen LogP contribution in [0.5, 0.6) is 0 Å². The number of aromatic nitrogens is 1. The Hall–Kier alpha value is -1.76. The van der Waals surface area contributed by atoms with Gasteiger partial charge in [-0.05, 0) is 0 Å². The van der Waals surface area contributed by atoms with Gasteiger partial charge in [0.05, 0.1) is 30.1 Å². The zero-order valence-electron chi connectivity index (χ0n) is 10.7. The fourth-order valence-corrected chi connectivity index (χ4v) is 2.18. The molecule has 0 spiro atoms. The molecule has 2 rings (SSSR count). The third kappa shape index (κ3) is 2.87. The topological polar surface area (TPSA) is 59.5 Å². The Morgan fingerprint density at radius 2 is 2.30 bits per heavy atom. The molecule has 7 heteroatoms. The standard InChI is InChI=1S/C13H12BrFN2O3/c1-20-13(19)8-2-3-17(7-8)12-4-10(15)9(6-16-12)11(18)5-14/h2,4,6H,3,5,7H2,1H3. The molecule has 0 N–H and O–H groups in total. The number of methoxy groups -OCH3 is 1. The van der Waals surface area contributed by atoms with Crippen LogP contribution in [0, 0.1) is 5.82 Å². The molecule has 5 nitrogen and oxygen atoms in total. The van der Waals surface area contributed by atoms with Crippen molar-refractivity contribution in [2.24, 2.45) is 0 Å². The van der Waals surface area contributed by atoms with E-state index in [0.29, 0.717) is 24.5 Å². The number of anilines is 1. The quantitative estimate of drug-likeness (QED) is 0.473. The van der Waals surface area contributed by atoms with Crippen LogP contribution in [-0.2, 0) is 9.53 Å². The molecule has 0 amide bonds. The Morgan fingerprint density at radius 1 is 1.55 bits per heavy atom. The second-order valence-electron chi connectivity index (χ2n) is 4.18. The maximum Gasteiger partial charge on any atom is 0.335 e. The van der Waals surface area contributed by atoms with Crippen LogP contribution >= 0.6 is 15.9 Å². The van der Waals surface area contributed by atoms with Gasteiger partial charge in [-0.25, -0.2) is 14.2 Å². The first-order chi connectivity index (χ1) is 9.56. The molecule has 1 aromatic heterocycles. The molecular weight excluding hydrogens is 331 g/mol. The van der Waals surface area contributed by atoms with Gasteiger partial charge < -0.3 is 9.64 Å². The molecule has 2 heterocycles. The van der Waals surface area contributed by atoms with Crippen molar-refractivity contribution in [2.45, 2.75) is 0 Å². The van der Waals surface area contributed by atoms with Gasteiger partial charge in [0.2, 0.25) is 0 Å². The average molecular weight is 343 g/mol. The summed E-state index contributed by atoms with van der Waals surface area (Å²) < 4.78 is 18.5. The van der Waals surface area contributed by atoms with Crippen LogP contribution in [0.3, 0.4) is 0 Å². The maximum atomic E-state index is 13.8. The Labute approximate surface area is 123 Å². The third-order valence-corrected chi connectivity index (χ3v) is 3.46. The largest absolute Gasteiger partial charge is 0.466 e. The van der Waals surface area contributed by atoms with E-state index in [2.05, 4.69) is 25.7 Å². The summed E-state index contributed by atoms with van der Waals surface area (Å²) >= 11 is 2.99. The number of carbonyl (C=O) groups is 2. The summed E-state index contributed by atoms with van der Waals surface area (Å²) in [5.74, 6) is -1.01. The highest BCUT2D eigenvalue weighted by Gasteiger charge is 2.22. The molecular formula is C13H12BrFN2O3. The van der Waals surface area contributed by atoms with E-state index in [1.807, 2.05) is 0 Å². The third-order valence-electron chi connectivity index (χ3n) is 2.95. The monoisotopic (exact) mass is 342 g/mol. The highest BCUT2D eigenvalue weighted by Crippen LogP contribution is 2.21. The van der Waals surface area contributed by atoms with E-state index in [4.69, 9.17) is 0 Å². The number of nitrogens with zero attached hydrogens (tertiary/aromatic N) is 2. The van der Waals surface area contributed by atoms with Crippen molar-refractivity contribution in [3.8, 4) is 0 Å². The molecule has 0 atom stereocenters. The lowest BCUT2D eigenvalue weighted by atomic mass is 10.2. The van der Waals surface area contributed by atoms with Crippen molar-refractivity contribution in [3.05, 3.63) is 35.3 Å². The number of esters is 1. The Morgan fingerprint density at radius 3 is 2.90 bits per heavy atom. The van der Waals surface area contributed by atoms with Gasteiger partial charge in [-0.3, -0.25) is 4.79 Å². The van der Waals surface area contributed by atoms with Crippen molar-refractivity contribution in [3.63, 3.8) is 0 Å². The molecule has 106 valence electrons. The molecule has 0 radical (unpaired) electrons. The number of carbonyl (C=O) groups excluding carboxylic acids is 2. The molecule has 1 aliphatic rings. The highest BCUT2D eigenvalue weighted by atomic mass is 79.9. The van der Waals surface area contributed by atoms with Gasteiger partial charge >= 0.3 is 5.97 Å². The number of pyridine rings is 1. The molecule has 0 fully saturated rings. The van der Waals surface area contributed by atoms with Crippen molar-refractivity contribution in [1.82, 2.24) is 4.98 Å². The molecule has 0 bridgehead atoms. The predicted octanol–water partition coefficient (Wildman–Crippen LogP) is 1.72. The van der Waals surface area contributed by atoms with Crippen molar-refractivity contribution in [2.75, 3.05) is 30.4 Å². The summed E-state index contributed by atoms with van der Waals surface area (Å²) in [4.78, 5) is 28.6. The summed E-state index contributed by atoms with van der Waals surface area (Å²) in [7, 11) is 1.31. The molecule has 20 heavy (non-hydrogen) atoms. The smallest absolute Gasteiger partial charge is 0.335 e. The fourth-order valence-electron chi connectivity index (χ4n) is 1.88. The fraction of sp³-hybridized carbons (Fsp3) is 0.308. The van der Waals surface area contributed by atoms with Crippen LogP contribution in [0.2, 0.25) is 0 Å². The van der Waals surface area contributed by atoms with E-state index in [1.54, 1.807) is 11.0 Å². The minimum Gasteiger partial charge on any atom is -0.466 e. The van der Waals surface area contributed by atoms with E-state index in [0.717, 1.165) is 0 Å². The molecule has 1 aromatic rings. The lowest BCUT2D eigenvalue weighted by molar-refractivity contribution is -0.136. The van der Waals surface area contributed by atoms with Gasteiger partial charge in [-0.2, -0.15) is 0 Å². The van der Waals surface area contributed by atoms with Crippen LogP contribution < -0.4 is 4.90 Å². The predicted molar refractivity (Wildman–Crippen MR) is 74.6 cm³/mol. The lowest BCUT2D eigenvalue weighted by Crippen LogP contribution is -2.23. The van der Waals surface area contributed by atoms with E-state index < -0.39 is 11.8 Å². The van der Waals surface area contributed by atoms with Gasteiger partial charge in [-0.15, -0.1) is 0 Å². The number of alkyl halides is 1. The Balaban J connectivity index is 2.15. The average Bonchev–Trinajstić information content (AvgIpc) is 2.95. The second-order valence-corrected chi connectivity index (χ2v) is 4.74. The first-order valence-electron chi connectivity index (χ1n) is 5.83. The van der Waals surface area contributed by atoms with Crippen LogP contribution in [0.15, 0.2) is 23.9 Å².